The summed E-state index contributed by atoms with van der Waals surface area (Å²) in [6.07, 6.45) is 7.35. The lowest BCUT2D eigenvalue weighted by Crippen LogP contribution is -2.04. The van der Waals surface area contributed by atoms with Crippen molar-refractivity contribution in [3.8, 4) is 0 Å². The number of nitrogen functional groups attached to an aromatic ring is 1. The number of thioether (sulfide) groups is 1. The zero-order chi connectivity index (χ0) is 13.8. The number of pyridine rings is 1. The molecule has 0 amide bonds. The summed E-state index contributed by atoms with van der Waals surface area (Å²) in [5.74, 6) is 2.87. The van der Waals surface area contributed by atoms with Crippen LogP contribution in [0, 0.1) is 6.92 Å². The molecule has 0 aromatic carbocycles. The predicted molar refractivity (Wildman–Crippen MR) is 83.7 cm³/mol. The van der Waals surface area contributed by atoms with Crippen molar-refractivity contribution >= 4 is 28.6 Å². The second-order valence-electron chi connectivity index (χ2n) is 4.76. The Bertz CT molecular complexity index is 562. The fourth-order valence-electron chi connectivity index (χ4n) is 2.39. The first kappa shape index (κ1) is 14.2. The van der Waals surface area contributed by atoms with Crippen molar-refractivity contribution in [1.82, 2.24) is 14.5 Å². The number of unbranched alkanes of at least 4 members (excludes halogenated alkanes) is 1. The Hall–Kier alpha value is -1.23. The zero-order valence-electron chi connectivity index (χ0n) is 11.9. The van der Waals surface area contributed by atoms with Crippen molar-refractivity contribution in [2.75, 3.05) is 17.7 Å². The van der Waals surface area contributed by atoms with Crippen molar-refractivity contribution in [1.29, 1.82) is 0 Å². The molecule has 104 valence electrons. The van der Waals surface area contributed by atoms with Crippen molar-refractivity contribution in [3.63, 3.8) is 0 Å². The number of rotatable bonds is 6. The fourth-order valence-corrected chi connectivity index (χ4v) is 2.89. The highest BCUT2D eigenvalue weighted by atomic mass is 32.2. The Morgan fingerprint density at radius 1 is 1.37 bits per heavy atom. The van der Waals surface area contributed by atoms with Gasteiger partial charge in [-0.1, -0.05) is 6.92 Å². The van der Waals surface area contributed by atoms with Gasteiger partial charge in [-0.3, -0.25) is 0 Å². The smallest absolute Gasteiger partial charge is 0.151 e. The summed E-state index contributed by atoms with van der Waals surface area (Å²) in [5, 5.41) is 0. The Morgan fingerprint density at radius 3 is 2.84 bits per heavy atom. The van der Waals surface area contributed by atoms with Crippen LogP contribution in [0.3, 0.4) is 0 Å². The summed E-state index contributed by atoms with van der Waals surface area (Å²) in [6, 6.07) is 0. The normalized spacial score (nSPS) is 11.3. The minimum Gasteiger partial charge on any atom is -0.382 e. The molecule has 0 aliphatic heterocycles. The molecule has 2 aromatic heterocycles. The van der Waals surface area contributed by atoms with Gasteiger partial charge in [0.15, 0.2) is 5.82 Å². The predicted octanol–water partition coefficient (Wildman–Crippen LogP) is 3.03. The first-order valence-corrected chi connectivity index (χ1v) is 8.17. The average Bonchev–Trinajstić information content (AvgIpc) is 2.79. The van der Waals surface area contributed by atoms with E-state index in [9.17, 15) is 0 Å². The Balaban J connectivity index is 2.37. The van der Waals surface area contributed by atoms with E-state index in [0.717, 1.165) is 35.4 Å². The Labute approximate surface area is 118 Å². The molecule has 0 saturated carbocycles. The van der Waals surface area contributed by atoms with E-state index in [4.69, 9.17) is 5.73 Å². The third-order valence-electron chi connectivity index (χ3n) is 3.36. The van der Waals surface area contributed by atoms with E-state index in [-0.39, 0.29) is 0 Å². The quantitative estimate of drug-likeness (QED) is 0.825. The number of hydrogen-bond acceptors (Lipinski definition) is 4. The topological polar surface area (TPSA) is 56.7 Å². The molecule has 0 bridgehead atoms. The Morgan fingerprint density at radius 2 is 2.16 bits per heavy atom. The lowest BCUT2D eigenvalue weighted by molar-refractivity contribution is 0.622. The van der Waals surface area contributed by atoms with E-state index in [1.165, 1.54) is 18.6 Å². The van der Waals surface area contributed by atoms with Gasteiger partial charge in [-0.15, -0.1) is 0 Å². The van der Waals surface area contributed by atoms with Gasteiger partial charge in [-0.25, -0.2) is 9.97 Å². The zero-order valence-corrected chi connectivity index (χ0v) is 12.8. The molecule has 0 aliphatic rings. The number of imidazole rings is 1. The largest absolute Gasteiger partial charge is 0.382 e. The van der Waals surface area contributed by atoms with Gasteiger partial charge in [0.05, 0.1) is 5.52 Å². The van der Waals surface area contributed by atoms with Gasteiger partial charge in [0.2, 0.25) is 0 Å². The molecule has 19 heavy (non-hydrogen) atoms. The summed E-state index contributed by atoms with van der Waals surface area (Å²) >= 11 is 1.90. The standard InChI is InChI=1S/C14H22N4S/c1-4-11-17-12-13(10(2)9-16-14(12)15)18(11)7-5-6-8-19-3/h9H,4-8H2,1-3H3,(H2,15,16). The van der Waals surface area contributed by atoms with Crippen LogP contribution < -0.4 is 5.73 Å². The molecule has 5 heteroatoms. The lowest BCUT2D eigenvalue weighted by Gasteiger charge is -2.09. The van der Waals surface area contributed by atoms with E-state index in [0.29, 0.717) is 5.82 Å². The van der Waals surface area contributed by atoms with Crippen LogP contribution in [0.2, 0.25) is 0 Å². The monoisotopic (exact) mass is 278 g/mol. The van der Waals surface area contributed by atoms with E-state index >= 15 is 0 Å². The van der Waals surface area contributed by atoms with E-state index in [1.807, 2.05) is 18.0 Å². The molecule has 0 aliphatic carbocycles. The minimum absolute atomic E-state index is 0.540. The highest BCUT2D eigenvalue weighted by Crippen LogP contribution is 2.24. The molecule has 2 heterocycles. The van der Waals surface area contributed by atoms with Crippen molar-refractivity contribution in [3.05, 3.63) is 17.6 Å². The Kier molecular flexibility index (Phi) is 4.69. The number of aryl methyl sites for hydroxylation is 3. The summed E-state index contributed by atoms with van der Waals surface area (Å²) in [6.45, 7) is 5.23. The van der Waals surface area contributed by atoms with E-state index in [1.54, 1.807) is 0 Å². The molecule has 0 atom stereocenters. The summed E-state index contributed by atoms with van der Waals surface area (Å²) in [5.41, 5.74) is 9.13. The van der Waals surface area contributed by atoms with Gasteiger partial charge < -0.3 is 10.3 Å². The van der Waals surface area contributed by atoms with E-state index in [2.05, 4.69) is 34.6 Å². The maximum Gasteiger partial charge on any atom is 0.151 e. The molecule has 2 rings (SSSR count). The van der Waals surface area contributed by atoms with Gasteiger partial charge in [0.1, 0.15) is 11.3 Å². The van der Waals surface area contributed by atoms with Crippen molar-refractivity contribution in [2.24, 2.45) is 0 Å². The second-order valence-corrected chi connectivity index (χ2v) is 5.74. The van der Waals surface area contributed by atoms with Crippen LogP contribution in [0.4, 0.5) is 5.82 Å². The average molecular weight is 278 g/mol. The first-order chi connectivity index (χ1) is 9.19. The maximum absolute atomic E-state index is 5.95. The molecule has 0 radical (unpaired) electrons. The van der Waals surface area contributed by atoms with Crippen LogP contribution in [-0.2, 0) is 13.0 Å². The molecular formula is C14H22N4S. The third kappa shape index (κ3) is 2.86. The lowest BCUT2D eigenvalue weighted by atomic mass is 10.2. The van der Waals surface area contributed by atoms with Crippen LogP contribution in [-0.4, -0.2) is 26.5 Å². The van der Waals surface area contributed by atoms with Crippen LogP contribution in [0.1, 0.15) is 31.2 Å². The molecule has 2 N–H and O–H groups in total. The SMILES string of the molecule is CCc1nc2c(N)ncc(C)c2n1CCCCSC. The van der Waals surface area contributed by atoms with Gasteiger partial charge in [-0.05, 0) is 37.3 Å². The molecule has 0 fully saturated rings. The van der Waals surface area contributed by atoms with Gasteiger partial charge in [0.25, 0.3) is 0 Å². The molecular weight excluding hydrogens is 256 g/mol. The number of aromatic nitrogens is 3. The summed E-state index contributed by atoms with van der Waals surface area (Å²) in [4.78, 5) is 8.86. The van der Waals surface area contributed by atoms with Crippen LogP contribution in [0.5, 0.6) is 0 Å². The first-order valence-electron chi connectivity index (χ1n) is 6.78. The van der Waals surface area contributed by atoms with Crippen molar-refractivity contribution < 1.29 is 0 Å². The van der Waals surface area contributed by atoms with Crippen LogP contribution in [0.25, 0.3) is 11.0 Å². The molecule has 0 spiro atoms. The highest BCUT2D eigenvalue weighted by molar-refractivity contribution is 7.98. The third-order valence-corrected chi connectivity index (χ3v) is 4.05. The number of nitrogens with zero attached hydrogens (tertiary/aromatic N) is 3. The molecule has 0 unspecified atom stereocenters. The van der Waals surface area contributed by atoms with Crippen molar-refractivity contribution in [2.45, 2.75) is 39.7 Å². The van der Waals surface area contributed by atoms with E-state index < -0.39 is 0 Å². The van der Waals surface area contributed by atoms with Gasteiger partial charge in [0, 0.05) is 19.2 Å². The van der Waals surface area contributed by atoms with Crippen LogP contribution >= 0.6 is 11.8 Å². The maximum atomic E-state index is 5.95. The fraction of sp³-hybridized carbons (Fsp3) is 0.571. The molecule has 0 saturated heterocycles. The number of hydrogen-bond donors (Lipinski definition) is 1. The number of fused-ring (bicyclic) bond motifs is 1. The second kappa shape index (κ2) is 6.28. The summed E-state index contributed by atoms with van der Waals surface area (Å²) in [7, 11) is 0. The number of nitrogens with two attached hydrogens (primary N) is 1. The van der Waals surface area contributed by atoms with Gasteiger partial charge in [-0.2, -0.15) is 11.8 Å². The molecule has 2 aromatic rings. The molecule has 4 nitrogen and oxygen atoms in total. The van der Waals surface area contributed by atoms with Gasteiger partial charge >= 0.3 is 0 Å². The minimum atomic E-state index is 0.540. The van der Waals surface area contributed by atoms with Crippen LogP contribution in [0.15, 0.2) is 6.20 Å². The highest BCUT2D eigenvalue weighted by Gasteiger charge is 2.14. The summed E-state index contributed by atoms with van der Waals surface area (Å²) < 4.78 is 2.32. The number of anilines is 1.